The first-order valence-electron chi connectivity index (χ1n) is 11.7. The third-order valence-electron chi connectivity index (χ3n) is 6.62. The predicted molar refractivity (Wildman–Crippen MR) is 136 cm³/mol. The molecule has 6 nitrogen and oxygen atoms in total. The number of halogens is 2. The number of carbonyl (C=O) groups is 1. The van der Waals surface area contributed by atoms with E-state index in [9.17, 15) is 9.18 Å². The van der Waals surface area contributed by atoms with Crippen LogP contribution in [0.4, 0.5) is 4.39 Å². The number of benzene rings is 1. The molecule has 2 aromatic heterocycles. The second-order valence-corrected chi connectivity index (χ2v) is 9.83. The fraction of sp³-hybridized carbons (Fsp3) is 0.346. The Morgan fingerprint density at radius 3 is 2.80 bits per heavy atom. The number of nitrogens with zero attached hydrogens (tertiary/aromatic N) is 4. The Labute approximate surface area is 213 Å². The minimum atomic E-state index is -0.386. The Kier molecular flexibility index (Phi) is 7.22. The van der Waals surface area contributed by atoms with Gasteiger partial charge in [-0.3, -0.25) is 8.87 Å². The number of piperidine rings is 1. The van der Waals surface area contributed by atoms with Crippen molar-refractivity contribution >= 4 is 42.9 Å². The summed E-state index contributed by atoms with van der Waals surface area (Å²) in [5, 5.41) is 2.17. The van der Waals surface area contributed by atoms with Crippen LogP contribution in [0.5, 0.6) is 5.88 Å². The molecule has 1 unspecified atom stereocenters. The summed E-state index contributed by atoms with van der Waals surface area (Å²) in [4.78, 5) is 22.9. The SMILES string of the molecule is O=CC1C=c2nc(CN3CCC(c4cccc(OCc5ccc(Cl)cc5F)n4)CC3)n(S)c2=CC1. The number of pyridine rings is 1. The fourth-order valence-corrected chi connectivity index (χ4v) is 5.09. The highest BCUT2D eigenvalue weighted by Crippen LogP contribution is 2.28. The van der Waals surface area contributed by atoms with Crippen LogP contribution in [0.2, 0.25) is 5.02 Å². The molecule has 35 heavy (non-hydrogen) atoms. The van der Waals surface area contributed by atoms with E-state index in [-0.39, 0.29) is 18.3 Å². The molecule has 1 saturated heterocycles. The Hall–Kier alpha value is -2.68. The van der Waals surface area contributed by atoms with Gasteiger partial charge in [-0.05, 0) is 56.6 Å². The molecule has 0 saturated carbocycles. The molecule has 0 N–H and O–H groups in total. The van der Waals surface area contributed by atoms with Gasteiger partial charge < -0.3 is 9.53 Å². The van der Waals surface area contributed by atoms with Gasteiger partial charge in [-0.25, -0.2) is 14.4 Å². The highest BCUT2D eigenvalue weighted by molar-refractivity contribution is 7.78. The van der Waals surface area contributed by atoms with Crippen molar-refractivity contribution in [3.05, 3.63) is 75.0 Å². The maximum Gasteiger partial charge on any atom is 0.213 e. The molecule has 1 aromatic carbocycles. The molecule has 182 valence electrons. The van der Waals surface area contributed by atoms with E-state index in [2.05, 4.69) is 22.7 Å². The smallest absolute Gasteiger partial charge is 0.213 e. The molecule has 0 bridgehead atoms. The van der Waals surface area contributed by atoms with E-state index in [0.717, 1.165) is 54.4 Å². The summed E-state index contributed by atoms with van der Waals surface area (Å²) in [5.74, 6) is 1.22. The Morgan fingerprint density at radius 1 is 1.20 bits per heavy atom. The van der Waals surface area contributed by atoms with Crippen molar-refractivity contribution in [2.24, 2.45) is 5.92 Å². The third-order valence-corrected chi connectivity index (χ3v) is 7.30. The molecule has 0 spiro atoms. The van der Waals surface area contributed by atoms with Crippen molar-refractivity contribution in [2.75, 3.05) is 13.1 Å². The molecule has 9 heteroatoms. The third kappa shape index (κ3) is 5.44. The quantitative estimate of drug-likeness (QED) is 0.388. The predicted octanol–water partition coefficient (Wildman–Crippen LogP) is 3.50. The summed E-state index contributed by atoms with van der Waals surface area (Å²) in [7, 11) is 0. The second-order valence-electron chi connectivity index (χ2n) is 8.99. The number of imidazole rings is 1. The number of hydrogen-bond acceptors (Lipinski definition) is 6. The standard InChI is InChI=1S/C26H26ClFN4O2S/c27-20-6-5-19(21(28)13-20)16-34-26-3-1-2-22(30-26)18-8-10-31(11-9-18)14-25-29-23-12-17(15-33)4-7-24(23)32(25)35/h1-3,5-7,12-13,15,17-18,35H,4,8-11,14,16H2. The van der Waals surface area contributed by atoms with E-state index in [1.54, 1.807) is 18.2 Å². The molecule has 1 fully saturated rings. The van der Waals surface area contributed by atoms with Gasteiger partial charge in [0.2, 0.25) is 5.88 Å². The molecule has 5 rings (SSSR count). The van der Waals surface area contributed by atoms with Crippen LogP contribution >= 0.6 is 24.4 Å². The minimum absolute atomic E-state index is 0.0979. The normalized spacial score (nSPS) is 18.4. The van der Waals surface area contributed by atoms with Gasteiger partial charge in [0.05, 0.1) is 17.2 Å². The highest BCUT2D eigenvalue weighted by Gasteiger charge is 2.23. The van der Waals surface area contributed by atoms with E-state index in [0.29, 0.717) is 35.3 Å². The number of hydrogen-bond donors (Lipinski definition) is 1. The molecule has 3 aromatic rings. The average molecular weight is 513 g/mol. The lowest BCUT2D eigenvalue weighted by atomic mass is 9.93. The van der Waals surface area contributed by atoms with Crippen LogP contribution < -0.4 is 15.4 Å². The first-order chi connectivity index (χ1) is 17.0. The minimum Gasteiger partial charge on any atom is -0.473 e. The van der Waals surface area contributed by atoms with Gasteiger partial charge in [0.15, 0.2) is 0 Å². The number of carbonyl (C=O) groups excluding carboxylic acids is 1. The average Bonchev–Trinajstić information content (AvgIpc) is 3.18. The fourth-order valence-electron chi connectivity index (χ4n) is 4.64. The van der Waals surface area contributed by atoms with E-state index >= 15 is 0 Å². The summed E-state index contributed by atoms with van der Waals surface area (Å²) < 4.78 is 21.6. The first kappa shape index (κ1) is 24.0. The summed E-state index contributed by atoms with van der Waals surface area (Å²) in [5.41, 5.74) is 1.44. The van der Waals surface area contributed by atoms with Gasteiger partial charge in [0, 0.05) is 34.2 Å². The summed E-state index contributed by atoms with van der Waals surface area (Å²) in [6.45, 7) is 2.65. The zero-order valence-electron chi connectivity index (χ0n) is 19.1. The first-order valence-corrected chi connectivity index (χ1v) is 12.5. The zero-order valence-corrected chi connectivity index (χ0v) is 20.8. The van der Waals surface area contributed by atoms with Crippen molar-refractivity contribution in [3.63, 3.8) is 0 Å². The van der Waals surface area contributed by atoms with Crippen molar-refractivity contribution in [2.45, 2.75) is 38.3 Å². The van der Waals surface area contributed by atoms with E-state index in [1.165, 1.54) is 6.07 Å². The molecule has 1 aliphatic heterocycles. The van der Waals surface area contributed by atoms with Gasteiger partial charge in [0.25, 0.3) is 0 Å². The maximum absolute atomic E-state index is 14.0. The van der Waals surface area contributed by atoms with Crippen LogP contribution in [0, 0.1) is 11.7 Å². The molecule has 1 aliphatic carbocycles. The zero-order chi connectivity index (χ0) is 24.4. The van der Waals surface area contributed by atoms with Crippen LogP contribution in [0.3, 0.4) is 0 Å². The Balaban J connectivity index is 1.19. The molecule has 0 amide bonds. The van der Waals surface area contributed by atoms with Crippen LogP contribution in [0.15, 0.2) is 36.4 Å². The van der Waals surface area contributed by atoms with Crippen LogP contribution in [-0.2, 0) is 17.9 Å². The molecule has 2 aliphatic rings. The van der Waals surface area contributed by atoms with Gasteiger partial charge >= 0.3 is 0 Å². The van der Waals surface area contributed by atoms with Gasteiger partial charge in [-0.2, -0.15) is 0 Å². The van der Waals surface area contributed by atoms with Crippen LogP contribution in [0.1, 0.15) is 42.3 Å². The summed E-state index contributed by atoms with van der Waals surface area (Å²) >= 11 is 10.5. The number of aromatic nitrogens is 3. The number of ether oxygens (including phenoxy) is 1. The number of likely N-dealkylation sites (tertiary alicyclic amines) is 1. The molecule has 3 heterocycles. The van der Waals surface area contributed by atoms with Gasteiger partial charge in [-0.1, -0.05) is 42.6 Å². The lowest BCUT2D eigenvalue weighted by Gasteiger charge is -2.31. The topological polar surface area (TPSA) is 60.3 Å². The maximum atomic E-state index is 14.0. The van der Waals surface area contributed by atoms with Gasteiger partial charge in [0.1, 0.15) is 24.5 Å². The molecule has 0 radical (unpaired) electrons. The summed E-state index contributed by atoms with van der Waals surface area (Å²) in [6.07, 6.45) is 7.56. The second kappa shape index (κ2) is 10.5. The van der Waals surface area contributed by atoms with Crippen molar-refractivity contribution < 1.29 is 13.9 Å². The Bertz CT molecular complexity index is 1350. The lowest BCUT2D eigenvalue weighted by Crippen LogP contribution is -2.33. The summed E-state index contributed by atoms with van der Waals surface area (Å²) in [6, 6.07) is 10.3. The van der Waals surface area contributed by atoms with E-state index in [4.69, 9.17) is 21.3 Å². The van der Waals surface area contributed by atoms with Gasteiger partial charge in [-0.15, -0.1) is 0 Å². The van der Waals surface area contributed by atoms with Crippen molar-refractivity contribution in [1.82, 2.24) is 18.8 Å². The van der Waals surface area contributed by atoms with Crippen LogP contribution in [-0.4, -0.2) is 38.2 Å². The van der Waals surface area contributed by atoms with Crippen molar-refractivity contribution in [1.29, 1.82) is 0 Å². The van der Waals surface area contributed by atoms with E-state index in [1.807, 2.05) is 28.3 Å². The molecular weight excluding hydrogens is 487 g/mol. The molecular formula is C26H26ClFN4O2S. The number of aldehydes is 1. The number of rotatable bonds is 7. The lowest BCUT2D eigenvalue weighted by molar-refractivity contribution is -0.109. The van der Waals surface area contributed by atoms with Crippen molar-refractivity contribution in [3.8, 4) is 5.88 Å². The molecule has 1 atom stereocenters. The number of fused-ring (bicyclic) bond motifs is 1. The van der Waals surface area contributed by atoms with Crippen LogP contribution in [0.25, 0.3) is 12.2 Å². The largest absolute Gasteiger partial charge is 0.473 e. The monoisotopic (exact) mass is 512 g/mol. The Morgan fingerprint density at radius 2 is 2.03 bits per heavy atom. The van der Waals surface area contributed by atoms with E-state index < -0.39 is 0 Å². The number of thiol groups is 1. The highest BCUT2D eigenvalue weighted by atomic mass is 35.5.